The number of nitrogens with zero attached hydrogens (tertiary/aromatic N) is 3. The van der Waals surface area contributed by atoms with Crippen molar-refractivity contribution in [2.75, 3.05) is 33.2 Å². The van der Waals surface area contributed by atoms with Crippen LogP contribution >= 0.6 is 23.2 Å². The lowest BCUT2D eigenvalue weighted by molar-refractivity contribution is 0.201. The first-order chi connectivity index (χ1) is 11.5. The van der Waals surface area contributed by atoms with Crippen LogP contribution in [0.3, 0.4) is 0 Å². The Bertz CT molecular complexity index is 549. The smallest absolute Gasteiger partial charge is 0.191 e. The number of guanidine groups is 1. The van der Waals surface area contributed by atoms with Crippen LogP contribution in [0.25, 0.3) is 0 Å². The van der Waals surface area contributed by atoms with Crippen LogP contribution < -0.4 is 10.6 Å². The van der Waals surface area contributed by atoms with Gasteiger partial charge in [0.15, 0.2) is 5.96 Å². The molecule has 1 atom stereocenters. The predicted molar refractivity (Wildman–Crippen MR) is 103 cm³/mol. The van der Waals surface area contributed by atoms with Gasteiger partial charge in [-0.3, -0.25) is 4.99 Å². The Morgan fingerprint density at radius 3 is 2.54 bits per heavy atom. The molecular formula is C17H29Cl2N5. The standard InChI is InChI=1S/C17H29Cl2N5/c1-13(12-24-7-5-4-6-8-24)10-21-17(20-2)22-11-14-9-15(18)16(19)23(14)3/h9,13H,4-8,10-12H2,1-3H3,(H2,20,21,22). The van der Waals surface area contributed by atoms with Crippen LogP contribution in [0, 0.1) is 5.92 Å². The molecule has 1 aliphatic heterocycles. The Kier molecular flexibility index (Phi) is 7.72. The maximum absolute atomic E-state index is 6.10. The quantitative estimate of drug-likeness (QED) is 0.594. The third-order valence-corrected chi connectivity index (χ3v) is 5.35. The van der Waals surface area contributed by atoms with Crippen LogP contribution in [0.1, 0.15) is 31.9 Å². The fourth-order valence-corrected chi connectivity index (χ4v) is 3.49. The lowest BCUT2D eigenvalue weighted by Crippen LogP contribution is -2.42. The minimum absolute atomic E-state index is 0.562. The fraction of sp³-hybridized carbons (Fsp3) is 0.706. The summed E-state index contributed by atoms with van der Waals surface area (Å²) in [5, 5.41) is 7.86. The number of aromatic nitrogens is 1. The van der Waals surface area contributed by atoms with E-state index in [0.29, 0.717) is 22.6 Å². The topological polar surface area (TPSA) is 44.6 Å². The molecule has 1 aromatic rings. The van der Waals surface area contributed by atoms with Gasteiger partial charge in [0, 0.05) is 32.9 Å². The van der Waals surface area contributed by atoms with Gasteiger partial charge in [-0.1, -0.05) is 36.5 Å². The molecule has 1 saturated heterocycles. The fourth-order valence-electron chi connectivity index (χ4n) is 3.07. The Hall–Kier alpha value is -0.910. The highest BCUT2D eigenvalue weighted by Gasteiger charge is 2.14. The van der Waals surface area contributed by atoms with Crippen molar-refractivity contribution >= 4 is 29.2 Å². The van der Waals surface area contributed by atoms with E-state index in [4.69, 9.17) is 23.2 Å². The largest absolute Gasteiger partial charge is 0.356 e. The summed E-state index contributed by atoms with van der Waals surface area (Å²) in [6.45, 7) is 7.45. The zero-order valence-electron chi connectivity index (χ0n) is 14.9. The van der Waals surface area contributed by atoms with Crippen LogP contribution in [0.4, 0.5) is 0 Å². The summed E-state index contributed by atoms with van der Waals surface area (Å²) in [7, 11) is 3.69. The molecule has 2 rings (SSSR count). The van der Waals surface area contributed by atoms with E-state index in [2.05, 4.69) is 27.4 Å². The Labute approximate surface area is 155 Å². The average molecular weight is 374 g/mol. The van der Waals surface area contributed by atoms with Crippen LogP contribution in [0.15, 0.2) is 11.1 Å². The van der Waals surface area contributed by atoms with Gasteiger partial charge in [0.1, 0.15) is 5.15 Å². The van der Waals surface area contributed by atoms with Gasteiger partial charge in [-0.15, -0.1) is 0 Å². The first kappa shape index (κ1) is 19.4. The summed E-state index contributed by atoms with van der Waals surface area (Å²) in [5.74, 6) is 1.38. The van der Waals surface area contributed by atoms with Crippen LogP contribution in [0.2, 0.25) is 10.2 Å². The number of likely N-dealkylation sites (tertiary alicyclic amines) is 1. The Morgan fingerprint density at radius 1 is 1.25 bits per heavy atom. The van der Waals surface area contributed by atoms with E-state index in [1.54, 1.807) is 7.05 Å². The zero-order valence-corrected chi connectivity index (χ0v) is 16.4. The lowest BCUT2D eigenvalue weighted by atomic mass is 10.1. The summed E-state index contributed by atoms with van der Waals surface area (Å²) in [6, 6.07) is 1.88. The van der Waals surface area contributed by atoms with Gasteiger partial charge in [-0.25, -0.2) is 0 Å². The summed E-state index contributed by atoms with van der Waals surface area (Å²) in [6.07, 6.45) is 4.06. The van der Waals surface area contributed by atoms with E-state index in [1.165, 1.54) is 32.4 Å². The monoisotopic (exact) mass is 373 g/mol. The van der Waals surface area contributed by atoms with Gasteiger partial charge in [-0.2, -0.15) is 0 Å². The lowest BCUT2D eigenvalue weighted by Gasteiger charge is -2.29. The van der Waals surface area contributed by atoms with Gasteiger partial charge in [0.05, 0.1) is 11.6 Å². The highest BCUT2D eigenvalue weighted by atomic mass is 35.5. The molecule has 1 aromatic heterocycles. The Balaban J connectivity index is 1.74. The van der Waals surface area contributed by atoms with Crippen molar-refractivity contribution in [3.63, 3.8) is 0 Å². The van der Waals surface area contributed by atoms with E-state index in [9.17, 15) is 0 Å². The summed E-state index contributed by atoms with van der Waals surface area (Å²) in [5.41, 5.74) is 1.02. The van der Waals surface area contributed by atoms with Crippen molar-refractivity contribution in [3.8, 4) is 0 Å². The van der Waals surface area contributed by atoms with Crippen molar-refractivity contribution in [3.05, 3.63) is 21.9 Å². The first-order valence-corrected chi connectivity index (χ1v) is 9.43. The molecule has 1 fully saturated rings. The number of hydrogen-bond acceptors (Lipinski definition) is 2. The van der Waals surface area contributed by atoms with Crippen molar-refractivity contribution in [1.29, 1.82) is 0 Å². The SMILES string of the molecule is CN=C(NCc1cc(Cl)c(Cl)n1C)NCC(C)CN1CCCCC1. The van der Waals surface area contributed by atoms with Crippen molar-refractivity contribution in [2.24, 2.45) is 18.0 Å². The number of hydrogen-bond donors (Lipinski definition) is 2. The second kappa shape index (κ2) is 9.54. The maximum atomic E-state index is 6.10. The second-order valence-electron chi connectivity index (χ2n) is 6.61. The molecule has 0 spiro atoms. The van der Waals surface area contributed by atoms with E-state index < -0.39 is 0 Å². The Morgan fingerprint density at radius 2 is 1.96 bits per heavy atom. The van der Waals surface area contributed by atoms with Crippen LogP contribution in [-0.4, -0.2) is 48.7 Å². The maximum Gasteiger partial charge on any atom is 0.191 e. The molecule has 0 bridgehead atoms. The number of halogens is 2. The molecule has 0 aliphatic carbocycles. The van der Waals surface area contributed by atoms with Crippen molar-refractivity contribution in [1.82, 2.24) is 20.1 Å². The third-order valence-electron chi connectivity index (χ3n) is 4.51. The number of nitrogens with one attached hydrogen (secondary N) is 2. The normalized spacial score (nSPS) is 17.8. The van der Waals surface area contributed by atoms with Crippen molar-refractivity contribution < 1.29 is 0 Å². The van der Waals surface area contributed by atoms with Gasteiger partial charge in [0.2, 0.25) is 0 Å². The molecule has 2 N–H and O–H groups in total. The molecule has 1 unspecified atom stereocenters. The molecule has 5 nitrogen and oxygen atoms in total. The highest BCUT2D eigenvalue weighted by Crippen LogP contribution is 2.24. The predicted octanol–water partition coefficient (Wildman–Crippen LogP) is 3.12. The minimum atomic E-state index is 0.562. The second-order valence-corrected chi connectivity index (χ2v) is 7.37. The molecule has 24 heavy (non-hydrogen) atoms. The molecule has 136 valence electrons. The molecule has 0 radical (unpaired) electrons. The van der Waals surface area contributed by atoms with Crippen molar-refractivity contribution in [2.45, 2.75) is 32.7 Å². The summed E-state index contributed by atoms with van der Waals surface area (Å²) in [4.78, 5) is 6.86. The first-order valence-electron chi connectivity index (χ1n) is 8.67. The van der Waals surface area contributed by atoms with E-state index in [0.717, 1.165) is 24.7 Å². The van der Waals surface area contributed by atoms with Gasteiger partial charge in [-0.05, 0) is 37.9 Å². The van der Waals surface area contributed by atoms with Gasteiger partial charge >= 0.3 is 0 Å². The number of rotatable bonds is 6. The third kappa shape index (κ3) is 5.57. The van der Waals surface area contributed by atoms with E-state index >= 15 is 0 Å². The molecule has 2 heterocycles. The van der Waals surface area contributed by atoms with E-state index in [1.807, 2.05) is 17.7 Å². The zero-order chi connectivity index (χ0) is 17.5. The number of aliphatic imine (C=N–C) groups is 1. The average Bonchev–Trinajstić information content (AvgIpc) is 2.83. The minimum Gasteiger partial charge on any atom is -0.356 e. The highest BCUT2D eigenvalue weighted by molar-refractivity contribution is 6.41. The molecule has 0 saturated carbocycles. The van der Waals surface area contributed by atoms with Gasteiger partial charge < -0.3 is 20.1 Å². The van der Waals surface area contributed by atoms with E-state index in [-0.39, 0.29) is 0 Å². The van der Waals surface area contributed by atoms with Crippen LogP contribution in [0.5, 0.6) is 0 Å². The summed E-state index contributed by atoms with van der Waals surface area (Å²) >= 11 is 12.1. The number of piperidine rings is 1. The molecule has 7 heteroatoms. The van der Waals surface area contributed by atoms with Crippen LogP contribution in [-0.2, 0) is 13.6 Å². The molecule has 0 aromatic carbocycles. The van der Waals surface area contributed by atoms with Gasteiger partial charge in [0.25, 0.3) is 0 Å². The molecule has 1 aliphatic rings. The summed E-state index contributed by atoms with van der Waals surface area (Å²) < 4.78 is 1.88. The molecular weight excluding hydrogens is 345 g/mol. The molecule has 0 amide bonds.